The van der Waals surface area contributed by atoms with Gasteiger partial charge in [-0.2, -0.15) is 4.31 Å². The summed E-state index contributed by atoms with van der Waals surface area (Å²) in [6.07, 6.45) is 5.20. The molecule has 0 aliphatic heterocycles. The molecule has 0 unspecified atom stereocenters. The Hall–Kier alpha value is -1.42. The molecule has 116 valence electrons. The van der Waals surface area contributed by atoms with Gasteiger partial charge in [-0.25, -0.2) is 12.8 Å². The summed E-state index contributed by atoms with van der Waals surface area (Å²) in [7, 11) is -3.70. The Balaban J connectivity index is 3.30. The molecule has 1 aromatic rings. The van der Waals surface area contributed by atoms with Crippen molar-refractivity contribution < 1.29 is 12.8 Å². The van der Waals surface area contributed by atoms with Crippen LogP contribution in [0.15, 0.2) is 17.0 Å². The molecule has 0 aliphatic carbocycles. The first-order chi connectivity index (χ1) is 9.88. The van der Waals surface area contributed by atoms with Gasteiger partial charge in [-0.05, 0) is 31.2 Å². The standard InChI is InChI=1S/C15H21FN2O2S/c1-5-8-18(7-3)21(19,20)14-9-12(4)15(16)13(10-14)11-17-6-2/h1,9-10,17H,6-8,11H2,2-4H3. The summed E-state index contributed by atoms with van der Waals surface area (Å²) in [4.78, 5) is 0.0754. The summed E-state index contributed by atoms with van der Waals surface area (Å²) in [6.45, 7) is 6.40. The summed E-state index contributed by atoms with van der Waals surface area (Å²) in [5, 5.41) is 3.00. The molecule has 0 aliphatic rings. The number of nitrogens with zero attached hydrogens (tertiary/aromatic N) is 1. The molecule has 0 saturated carbocycles. The number of halogens is 1. The van der Waals surface area contributed by atoms with Gasteiger partial charge in [-0.3, -0.25) is 0 Å². The molecule has 21 heavy (non-hydrogen) atoms. The van der Waals surface area contributed by atoms with E-state index in [1.165, 1.54) is 16.4 Å². The number of hydrogen-bond acceptors (Lipinski definition) is 3. The quantitative estimate of drug-likeness (QED) is 0.782. The zero-order chi connectivity index (χ0) is 16.0. The third-order valence-corrected chi connectivity index (χ3v) is 5.03. The van der Waals surface area contributed by atoms with Crippen LogP contribution in [0.3, 0.4) is 0 Å². The van der Waals surface area contributed by atoms with E-state index in [0.717, 1.165) is 0 Å². The van der Waals surface area contributed by atoms with Gasteiger partial charge >= 0.3 is 0 Å². The van der Waals surface area contributed by atoms with Crippen LogP contribution in [0, 0.1) is 25.1 Å². The number of hydrogen-bond donors (Lipinski definition) is 1. The third kappa shape index (κ3) is 4.03. The Bertz CT molecular complexity index is 636. The first-order valence-corrected chi connectivity index (χ1v) is 8.25. The summed E-state index contributed by atoms with van der Waals surface area (Å²) in [5.41, 5.74) is 0.646. The van der Waals surface area contributed by atoms with E-state index in [1.807, 2.05) is 6.92 Å². The van der Waals surface area contributed by atoms with Gasteiger partial charge in [0.25, 0.3) is 0 Å². The second-order valence-electron chi connectivity index (χ2n) is 4.63. The molecule has 0 bridgehead atoms. The van der Waals surface area contributed by atoms with Crippen molar-refractivity contribution >= 4 is 10.0 Å². The van der Waals surface area contributed by atoms with Gasteiger partial charge in [-0.15, -0.1) is 6.42 Å². The lowest BCUT2D eigenvalue weighted by Gasteiger charge is -2.19. The molecular weight excluding hydrogens is 291 g/mol. The van der Waals surface area contributed by atoms with E-state index in [4.69, 9.17) is 6.42 Å². The summed E-state index contributed by atoms with van der Waals surface area (Å²) in [5.74, 6) is 1.95. The third-order valence-electron chi connectivity index (χ3n) is 3.13. The maximum absolute atomic E-state index is 14.0. The lowest BCUT2D eigenvalue weighted by molar-refractivity contribution is 0.463. The molecule has 0 aromatic heterocycles. The van der Waals surface area contributed by atoms with E-state index in [-0.39, 0.29) is 30.3 Å². The van der Waals surface area contributed by atoms with Crippen molar-refractivity contribution in [1.82, 2.24) is 9.62 Å². The Kier molecular flexibility index (Phi) is 6.34. The molecule has 6 heteroatoms. The zero-order valence-corrected chi connectivity index (χ0v) is 13.4. The highest BCUT2D eigenvalue weighted by atomic mass is 32.2. The topological polar surface area (TPSA) is 49.4 Å². The second kappa shape index (κ2) is 7.55. The number of aryl methyl sites for hydroxylation is 1. The van der Waals surface area contributed by atoms with Crippen molar-refractivity contribution in [3.8, 4) is 12.3 Å². The van der Waals surface area contributed by atoms with Crippen LogP contribution in [-0.2, 0) is 16.6 Å². The lowest BCUT2D eigenvalue weighted by atomic mass is 10.1. The van der Waals surface area contributed by atoms with Gasteiger partial charge < -0.3 is 5.32 Å². The normalized spacial score (nSPS) is 11.6. The number of nitrogens with one attached hydrogen (secondary N) is 1. The summed E-state index contributed by atoms with van der Waals surface area (Å²) in [6, 6.07) is 2.72. The Morgan fingerprint density at radius 3 is 2.57 bits per heavy atom. The van der Waals surface area contributed by atoms with E-state index in [2.05, 4.69) is 11.2 Å². The highest BCUT2D eigenvalue weighted by Crippen LogP contribution is 2.22. The van der Waals surface area contributed by atoms with E-state index >= 15 is 0 Å². The largest absolute Gasteiger partial charge is 0.313 e. The van der Waals surface area contributed by atoms with Crippen molar-refractivity contribution in [3.63, 3.8) is 0 Å². The maximum atomic E-state index is 14.0. The second-order valence-corrected chi connectivity index (χ2v) is 6.57. The molecule has 0 radical (unpaired) electrons. The maximum Gasteiger partial charge on any atom is 0.243 e. The van der Waals surface area contributed by atoms with Crippen LogP contribution in [0.5, 0.6) is 0 Å². The zero-order valence-electron chi connectivity index (χ0n) is 12.6. The van der Waals surface area contributed by atoms with Crippen LogP contribution in [0.2, 0.25) is 0 Å². The minimum atomic E-state index is -3.70. The van der Waals surface area contributed by atoms with Gasteiger partial charge in [0.1, 0.15) is 5.82 Å². The number of benzene rings is 1. The number of sulfonamides is 1. The highest BCUT2D eigenvalue weighted by Gasteiger charge is 2.24. The van der Waals surface area contributed by atoms with Crippen LogP contribution >= 0.6 is 0 Å². The molecule has 4 nitrogen and oxygen atoms in total. The SMILES string of the molecule is C#CCN(CC)S(=O)(=O)c1cc(C)c(F)c(CNCC)c1. The summed E-state index contributed by atoms with van der Waals surface area (Å²) < 4.78 is 40.3. The van der Waals surface area contributed by atoms with Crippen molar-refractivity contribution in [3.05, 3.63) is 29.1 Å². The predicted molar refractivity (Wildman–Crippen MR) is 81.8 cm³/mol. The monoisotopic (exact) mass is 312 g/mol. The van der Waals surface area contributed by atoms with Crippen LogP contribution in [-0.4, -0.2) is 32.4 Å². The molecule has 0 heterocycles. The van der Waals surface area contributed by atoms with Gasteiger partial charge in [0.2, 0.25) is 10.0 Å². The Morgan fingerprint density at radius 2 is 2.05 bits per heavy atom. The fourth-order valence-corrected chi connectivity index (χ4v) is 3.46. The summed E-state index contributed by atoms with van der Waals surface area (Å²) >= 11 is 0. The first kappa shape index (κ1) is 17.6. The van der Waals surface area contributed by atoms with Gasteiger partial charge in [0, 0.05) is 18.7 Å². The Morgan fingerprint density at radius 1 is 1.38 bits per heavy atom. The van der Waals surface area contributed by atoms with E-state index in [9.17, 15) is 12.8 Å². The minimum Gasteiger partial charge on any atom is -0.313 e. The van der Waals surface area contributed by atoms with Gasteiger partial charge in [0.05, 0.1) is 11.4 Å². The van der Waals surface area contributed by atoms with Crippen LogP contribution in [0.1, 0.15) is 25.0 Å². The average Bonchev–Trinajstić information content (AvgIpc) is 2.45. The fourth-order valence-electron chi connectivity index (χ4n) is 1.96. The van der Waals surface area contributed by atoms with E-state index in [1.54, 1.807) is 13.8 Å². The van der Waals surface area contributed by atoms with Gasteiger partial charge in [-0.1, -0.05) is 19.8 Å². The molecule has 0 amide bonds. The average molecular weight is 312 g/mol. The smallest absolute Gasteiger partial charge is 0.243 e. The molecule has 0 saturated heterocycles. The van der Waals surface area contributed by atoms with Crippen LogP contribution in [0.25, 0.3) is 0 Å². The van der Waals surface area contributed by atoms with Crippen molar-refractivity contribution in [2.75, 3.05) is 19.6 Å². The fraction of sp³-hybridized carbons (Fsp3) is 0.467. The molecule has 1 rings (SSSR count). The van der Waals surface area contributed by atoms with Gasteiger partial charge in [0.15, 0.2) is 0 Å². The van der Waals surface area contributed by atoms with Crippen LogP contribution < -0.4 is 5.32 Å². The van der Waals surface area contributed by atoms with Crippen molar-refractivity contribution in [2.45, 2.75) is 32.2 Å². The van der Waals surface area contributed by atoms with Crippen LogP contribution in [0.4, 0.5) is 4.39 Å². The minimum absolute atomic E-state index is 0.00218. The van der Waals surface area contributed by atoms with Crippen molar-refractivity contribution in [2.24, 2.45) is 0 Å². The number of terminal acetylenes is 1. The molecule has 1 N–H and O–H groups in total. The molecule has 0 spiro atoms. The predicted octanol–water partition coefficient (Wildman–Crippen LogP) is 1.89. The Labute approximate surface area is 126 Å². The van der Waals surface area contributed by atoms with Crippen molar-refractivity contribution in [1.29, 1.82) is 0 Å². The lowest BCUT2D eigenvalue weighted by Crippen LogP contribution is -2.31. The molecule has 0 fully saturated rings. The highest BCUT2D eigenvalue weighted by molar-refractivity contribution is 7.89. The molecule has 1 aromatic carbocycles. The number of rotatable bonds is 7. The van der Waals surface area contributed by atoms with E-state index < -0.39 is 10.0 Å². The molecule has 0 atom stereocenters. The first-order valence-electron chi connectivity index (χ1n) is 6.81. The van der Waals surface area contributed by atoms with E-state index in [0.29, 0.717) is 17.7 Å². The molecular formula is C15H21FN2O2S.